The van der Waals surface area contributed by atoms with Crippen molar-refractivity contribution in [2.75, 3.05) is 37.7 Å². The summed E-state index contributed by atoms with van der Waals surface area (Å²) in [4.78, 5) is 25.1. The summed E-state index contributed by atoms with van der Waals surface area (Å²) in [5.74, 6) is -0.446. The highest BCUT2D eigenvalue weighted by Crippen LogP contribution is 2.20. The van der Waals surface area contributed by atoms with Crippen LogP contribution in [0.25, 0.3) is 11.4 Å². The molecule has 6 nitrogen and oxygen atoms in total. The molecule has 8 heteroatoms. The fourth-order valence-corrected chi connectivity index (χ4v) is 3.26. The van der Waals surface area contributed by atoms with Gasteiger partial charge < -0.3 is 14.5 Å². The molecular formula is C22H20F2N4O2. The molecule has 0 bridgehead atoms. The van der Waals surface area contributed by atoms with Crippen LogP contribution < -0.4 is 9.64 Å². The largest absolute Gasteiger partial charge is 0.481 e. The quantitative estimate of drug-likeness (QED) is 0.647. The average molecular weight is 410 g/mol. The molecule has 2 heterocycles. The number of anilines is 1. The number of hydrogen-bond acceptors (Lipinski definition) is 5. The summed E-state index contributed by atoms with van der Waals surface area (Å²) >= 11 is 0. The van der Waals surface area contributed by atoms with E-state index in [1.807, 2.05) is 36.4 Å². The van der Waals surface area contributed by atoms with Gasteiger partial charge in [0.2, 0.25) is 0 Å². The van der Waals surface area contributed by atoms with Gasteiger partial charge in [-0.25, -0.2) is 18.7 Å². The highest BCUT2D eigenvalue weighted by molar-refractivity contribution is 5.78. The number of carbonyl (C=O) groups excluding carboxylic acids is 1. The molecule has 0 spiro atoms. The van der Waals surface area contributed by atoms with E-state index in [2.05, 4.69) is 14.9 Å². The molecule has 1 aliphatic heterocycles. The molecule has 0 unspecified atom stereocenters. The van der Waals surface area contributed by atoms with Gasteiger partial charge in [0.15, 0.2) is 24.0 Å². The van der Waals surface area contributed by atoms with E-state index in [9.17, 15) is 13.6 Å². The minimum absolute atomic E-state index is 0.141. The topological polar surface area (TPSA) is 58.6 Å². The van der Waals surface area contributed by atoms with Crippen molar-refractivity contribution in [2.24, 2.45) is 0 Å². The Morgan fingerprint density at radius 2 is 1.77 bits per heavy atom. The SMILES string of the molecule is O=C(COc1ccc(F)cc1F)N1CCN(c2ccnc(-c3ccccc3)n2)CC1. The van der Waals surface area contributed by atoms with Crippen molar-refractivity contribution >= 4 is 11.7 Å². The second-order valence-electron chi connectivity index (χ2n) is 6.84. The van der Waals surface area contributed by atoms with Gasteiger partial charge in [-0.2, -0.15) is 0 Å². The number of benzene rings is 2. The summed E-state index contributed by atoms with van der Waals surface area (Å²) in [7, 11) is 0. The predicted octanol–water partition coefficient (Wildman–Crippen LogP) is 3.15. The van der Waals surface area contributed by atoms with Gasteiger partial charge in [-0.05, 0) is 18.2 Å². The van der Waals surface area contributed by atoms with Crippen LogP contribution in [0, 0.1) is 11.6 Å². The Bertz CT molecular complexity index is 1020. The molecule has 0 N–H and O–H groups in total. The Morgan fingerprint density at radius 1 is 1.00 bits per heavy atom. The molecule has 1 aromatic heterocycles. The van der Waals surface area contributed by atoms with Gasteiger partial charge in [-0.15, -0.1) is 0 Å². The van der Waals surface area contributed by atoms with E-state index in [0.717, 1.165) is 23.5 Å². The maximum Gasteiger partial charge on any atom is 0.260 e. The number of ether oxygens (including phenoxy) is 1. The molecule has 1 fully saturated rings. The smallest absolute Gasteiger partial charge is 0.260 e. The highest BCUT2D eigenvalue weighted by atomic mass is 19.1. The molecule has 30 heavy (non-hydrogen) atoms. The first kappa shape index (κ1) is 19.8. The lowest BCUT2D eigenvalue weighted by atomic mass is 10.2. The first-order chi connectivity index (χ1) is 14.6. The fraction of sp³-hybridized carbons (Fsp3) is 0.227. The molecule has 4 rings (SSSR count). The number of amides is 1. The van der Waals surface area contributed by atoms with Crippen molar-refractivity contribution < 1.29 is 18.3 Å². The summed E-state index contributed by atoms with van der Waals surface area (Å²) in [5.41, 5.74) is 0.943. The third-order valence-corrected chi connectivity index (χ3v) is 4.87. The molecular weight excluding hydrogens is 390 g/mol. The highest BCUT2D eigenvalue weighted by Gasteiger charge is 2.23. The van der Waals surface area contributed by atoms with E-state index >= 15 is 0 Å². The standard InChI is InChI=1S/C22H20F2N4O2/c23-17-6-7-19(18(24)14-17)30-15-21(29)28-12-10-27(11-13-28)20-8-9-25-22(26-20)16-4-2-1-3-5-16/h1-9,14H,10-13,15H2. The second-order valence-corrected chi connectivity index (χ2v) is 6.84. The summed E-state index contributed by atoms with van der Waals surface area (Å²) < 4.78 is 31.8. The molecule has 0 saturated carbocycles. The summed E-state index contributed by atoms with van der Waals surface area (Å²) in [6, 6.07) is 14.6. The average Bonchev–Trinajstić information content (AvgIpc) is 2.79. The van der Waals surface area contributed by atoms with E-state index in [0.29, 0.717) is 32.0 Å². The first-order valence-electron chi connectivity index (χ1n) is 9.59. The molecule has 0 atom stereocenters. The third-order valence-electron chi connectivity index (χ3n) is 4.87. The van der Waals surface area contributed by atoms with E-state index in [1.54, 1.807) is 11.1 Å². The predicted molar refractivity (Wildman–Crippen MR) is 108 cm³/mol. The Labute approximate surface area is 172 Å². The Kier molecular flexibility index (Phi) is 5.83. The van der Waals surface area contributed by atoms with Crippen molar-refractivity contribution in [1.29, 1.82) is 0 Å². The van der Waals surface area contributed by atoms with Gasteiger partial charge in [0.1, 0.15) is 11.6 Å². The van der Waals surface area contributed by atoms with Gasteiger partial charge >= 0.3 is 0 Å². The second kappa shape index (κ2) is 8.86. The summed E-state index contributed by atoms with van der Waals surface area (Å²) in [6.07, 6.45) is 1.73. The van der Waals surface area contributed by atoms with Crippen molar-refractivity contribution in [1.82, 2.24) is 14.9 Å². The summed E-state index contributed by atoms with van der Waals surface area (Å²) in [6.45, 7) is 1.93. The lowest BCUT2D eigenvalue weighted by Crippen LogP contribution is -2.50. The monoisotopic (exact) mass is 410 g/mol. The Balaban J connectivity index is 1.33. The maximum absolute atomic E-state index is 13.6. The van der Waals surface area contributed by atoms with Gasteiger partial charge in [0.05, 0.1) is 0 Å². The lowest BCUT2D eigenvalue weighted by molar-refractivity contribution is -0.133. The molecule has 154 valence electrons. The molecule has 3 aromatic rings. The molecule has 0 aliphatic carbocycles. The van der Waals surface area contributed by atoms with Gasteiger partial charge in [0, 0.05) is 44.0 Å². The van der Waals surface area contributed by atoms with Crippen molar-refractivity contribution in [3.63, 3.8) is 0 Å². The van der Waals surface area contributed by atoms with Crippen LogP contribution in [0.2, 0.25) is 0 Å². The van der Waals surface area contributed by atoms with Crippen LogP contribution in [0.1, 0.15) is 0 Å². The van der Waals surface area contributed by atoms with Crippen LogP contribution in [-0.2, 0) is 4.79 Å². The number of piperazine rings is 1. The number of nitrogens with zero attached hydrogens (tertiary/aromatic N) is 4. The maximum atomic E-state index is 13.6. The molecule has 1 aliphatic rings. The van der Waals surface area contributed by atoms with Crippen molar-refractivity contribution in [3.05, 3.63) is 72.4 Å². The van der Waals surface area contributed by atoms with Crippen molar-refractivity contribution in [3.8, 4) is 17.1 Å². The number of aromatic nitrogens is 2. The summed E-state index contributed by atoms with van der Waals surface area (Å²) in [5, 5.41) is 0. The zero-order chi connectivity index (χ0) is 20.9. The van der Waals surface area contributed by atoms with Crippen LogP contribution in [0.5, 0.6) is 5.75 Å². The molecule has 0 radical (unpaired) electrons. The van der Waals surface area contributed by atoms with E-state index in [-0.39, 0.29) is 18.3 Å². The number of rotatable bonds is 5. The van der Waals surface area contributed by atoms with Crippen LogP contribution in [0.4, 0.5) is 14.6 Å². The zero-order valence-electron chi connectivity index (χ0n) is 16.2. The van der Waals surface area contributed by atoms with Crippen molar-refractivity contribution in [2.45, 2.75) is 0 Å². The zero-order valence-corrected chi connectivity index (χ0v) is 16.2. The fourth-order valence-electron chi connectivity index (χ4n) is 3.26. The molecule has 2 aromatic carbocycles. The van der Waals surface area contributed by atoms with Gasteiger partial charge in [-0.1, -0.05) is 30.3 Å². The van der Waals surface area contributed by atoms with Crippen LogP contribution in [0.15, 0.2) is 60.8 Å². The van der Waals surface area contributed by atoms with Crippen LogP contribution in [-0.4, -0.2) is 53.6 Å². The lowest BCUT2D eigenvalue weighted by Gasteiger charge is -2.35. The van der Waals surface area contributed by atoms with Crippen LogP contribution in [0.3, 0.4) is 0 Å². The number of halogens is 2. The van der Waals surface area contributed by atoms with E-state index < -0.39 is 11.6 Å². The molecule has 1 amide bonds. The van der Waals surface area contributed by atoms with E-state index in [4.69, 9.17) is 4.74 Å². The van der Waals surface area contributed by atoms with Gasteiger partial charge in [0.25, 0.3) is 5.91 Å². The first-order valence-corrected chi connectivity index (χ1v) is 9.59. The minimum atomic E-state index is -0.828. The Morgan fingerprint density at radius 3 is 2.50 bits per heavy atom. The number of hydrogen-bond donors (Lipinski definition) is 0. The van der Waals surface area contributed by atoms with Crippen LogP contribution >= 0.6 is 0 Å². The third kappa shape index (κ3) is 4.53. The minimum Gasteiger partial charge on any atom is -0.481 e. The normalized spacial score (nSPS) is 13.9. The van der Waals surface area contributed by atoms with Gasteiger partial charge in [-0.3, -0.25) is 4.79 Å². The molecule has 1 saturated heterocycles. The Hall–Kier alpha value is -3.55. The number of carbonyl (C=O) groups is 1. The van der Waals surface area contributed by atoms with E-state index in [1.165, 1.54) is 6.07 Å².